The Balaban J connectivity index is 3.84. The van der Waals surface area contributed by atoms with Crippen LogP contribution >= 0.6 is 0 Å². The summed E-state index contributed by atoms with van der Waals surface area (Å²) < 4.78 is 5.29. The monoisotopic (exact) mass is 260 g/mol. The molecular weight excluding hydrogens is 236 g/mol. The summed E-state index contributed by atoms with van der Waals surface area (Å²) in [5.74, 6) is -0.574. The van der Waals surface area contributed by atoms with Crippen molar-refractivity contribution in [3.05, 3.63) is 0 Å². The van der Waals surface area contributed by atoms with Gasteiger partial charge in [-0.3, -0.25) is 4.79 Å². The van der Waals surface area contributed by atoms with Gasteiger partial charge in [0, 0.05) is 19.6 Å². The van der Waals surface area contributed by atoms with Crippen molar-refractivity contribution in [1.29, 1.82) is 0 Å². The van der Waals surface area contributed by atoms with Crippen LogP contribution in [0.25, 0.3) is 0 Å². The number of carbonyl (C=O) groups is 2. The smallest absolute Gasteiger partial charge is 0.315 e. The fourth-order valence-electron chi connectivity index (χ4n) is 1.31. The molecular formula is C12H24N2O4. The van der Waals surface area contributed by atoms with Gasteiger partial charge < -0.3 is 20.5 Å². The van der Waals surface area contributed by atoms with Gasteiger partial charge in [0.1, 0.15) is 0 Å². The fourth-order valence-corrected chi connectivity index (χ4v) is 1.31. The summed E-state index contributed by atoms with van der Waals surface area (Å²) in [5.41, 5.74) is 0. The van der Waals surface area contributed by atoms with Crippen LogP contribution in [-0.4, -0.2) is 42.9 Å². The molecule has 6 nitrogen and oxygen atoms in total. The topological polar surface area (TPSA) is 87.7 Å². The van der Waals surface area contributed by atoms with E-state index in [0.29, 0.717) is 26.2 Å². The number of carboxylic acids is 1. The summed E-state index contributed by atoms with van der Waals surface area (Å²) >= 11 is 0. The lowest BCUT2D eigenvalue weighted by Crippen LogP contribution is -2.47. The number of hydrogen-bond acceptors (Lipinski definition) is 3. The number of nitrogens with one attached hydrogen (secondary N) is 2. The van der Waals surface area contributed by atoms with Crippen molar-refractivity contribution < 1.29 is 19.4 Å². The molecule has 0 aromatic carbocycles. The van der Waals surface area contributed by atoms with Crippen LogP contribution in [0.4, 0.5) is 4.79 Å². The van der Waals surface area contributed by atoms with Crippen molar-refractivity contribution in [1.82, 2.24) is 10.6 Å². The van der Waals surface area contributed by atoms with E-state index < -0.39 is 5.97 Å². The molecule has 3 N–H and O–H groups in total. The minimum Gasteiger partial charge on any atom is -0.481 e. The second-order valence-corrected chi connectivity index (χ2v) is 4.41. The largest absolute Gasteiger partial charge is 0.481 e. The van der Waals surface area contributed by atoms with Gasteiger partial charge in [0.25, 0.3) is 0 Å². The maximum Gasteiger partial charge on any atom is 0.315 e. The highest BCUT2D eigenvalue weighted by Gasteiger charge is 2.15. The molecule has 0 saturated heterocycles. The van der Waals surface area contributed by atoms with Gasteiger partial charge in [-0.2, -0.15) is 0 Å². The quantitative estimate of drug-likeness (QED) is 0.544. The van der Waals surface area contributed by atoms with Gasteiger partial charge in [0.2, 0.25) is 0 Å². The molecule has 1 unspecified atom stereocenters. The molecule has 0 aromatic heterocycles. The molecule has 1 atom stereocenters. The number of hydrogen-bond donors (Lipinski definition) is 3. The Morgan fingerprint density at radius 3 is 2.50 bits per heavy atom. The molecule has 2 amide bonds. The van der Waals surface area contributed by atoms with Gasteiger partial charge in [-0.15, -0.1) is 0 Å². The van der Waals surface area contributed by atoms with Crippen LogP contribution in [0.5, 0.6) is 0 Å². The lowest BCUT2D eigenvalue weighted by Gasteiger charge is -2.22. The van der Waals surface area contributed by atoms with Crippen LogP contribution < -0.4 is 10.6 Å². The Hall–Kier alpha value is -1.30. The van der Waals surface area contributed by atoms with Crippen LogP contribution in [0.2, 0.25) is 0 Å². The first-order valence-corrected chi connectivity index (χ1v) is 6.31. The van der Waals surface area contributed by atoms with Crippen LogP contribution in [0.1, 0.15) is 33.6 Å². The third kappa shape index (κ3) is 8.81. The van der Waals surface area contributed by atoms with E-state index in [4.69, 9.17) is 9.84 Å². The summed E-state index contributed by atoms with van der Waals surface area (Å²) in [5, 5.41) is 13.9. The third-order valence-corrected chi connectivity index (χ3v) is 2.48. The molecule has 18 heavy (non-hydrogen) atoms. The molecule has 0 rings (SSSR count). The van der Waals surface area contributed by atoms with Crippen molar-refractivity contribution in [3.8, 4) is 0 Å². The van der Waals surface area contributed by atoms with E-state index in [1.807, 2.05) is 20.8 Å². The van der Waals surface area contributed by atoms with Crippen molar-refractivity contribution in [2.45, 2.75) is 39.7 Å². The second-order valence-electron chi connectivity index (χ2n) is 4.41. The molecule has 6 heteroatoms. The lowest BCUT2D eigenvalue weighted by molar-refractivity contribution is -0.137. The normalized spacial score (nSPS) is 12.2. The maximum absolute atomic E-state index is 11.5. The number of aliphatic carboxylic acids is 1. The average molecular weight is 260 g/mol. The maximum atomic E-state index is 11.5. The van der Waals surface area contributed by atoms with Gasteiger partial charge in [-0.25, -0.2) is 4.79 Å². The number of ether oxygens (including phenoxy) is 1. The van der Waals surface area contributed by atoms with Crippen LogP contribution in [0, 0.1) is 5.92 Å². The summed E-state index contributed by atoms with van der Waals surface area (Å²) in [6, 6.07) is -0.316. The van der Waals surface area contributed by atoms with E-state index in [0.717, 1.165) is 0 Å². The predicted octanol–water partition coefficient (Wildman–Crippen LogP) is 1.21. The van der Waals surface area contributed by atoms with E-state index in [-0.39, 0.29) is 24.4 Å². The van der Waals surface area contributed by atoms with Crippen LogP contribution in [0.15, 0.2) is 0 Å². The molecule has 0 radical (unpaired) electrons. The Labute approximate surface area is 108 Å². The van der Waals surface area contributed by atoms with Gasteiger partial charge in [-0.05, 0) is 19.3 Å². The highest BCUT2D eigenvalue weighted by atomic mass is 16.5. The van der Waals surface area contributed by atoms with Crippen LogP contribution in [-0.2, 0) is 9.53 Å². The van der Waals surface area contributed by atoms with E-state index in [1.54, 1.807) is 0 Å². The van der Waals surface area contributed by atoms with Crippen molar-refractivity contribution in [3.63, 3.8) is 0 Å². The van der Waals surface area contributed by atoms with E-state index in [1.165, 1.54) is 0 Å². The molecule has 0 aliphatic carbocycles. The Morgan fingerprint density at radius 1 is 1.33 bits per heavy atom. The van der Waals surface area contributed by atoms with Crippen LogP contribution in [0.3, 0.4) is 0 Å². The number of rotatable bonds is 9. The molecule has 0 aliphatic rings. The zero-order valence-electron chi connectivity index (χ0n) is 11.4. The van der Waals surface area contributed by atoms with E-state index in [2.05, 4.69) is 10.6 Å². The van der Waals surface area contributed by atoms with E-state index >= 15 is 0 Å². The zero-order chi connectivity index (χ0) is 14.0. The fraction of sp³-hybridized carbons (Fsp3) is 0.833. The molecule has 0 heterocycles. The predicted molar refractivity (Wildman–Crippen MR) is 68.5 cm³/mol. The standard InChI is InChI=1S/C12H24N2O4/c1-4-18-8-10(9(2)3)14-12(17)13-7-5-6-11(15)16/h9-10H,4-8H2,1-3H3,(H,15,16)(H2,13,14,17). The number of amides is 2. The van der Waals surface area contributed by atoms with Gasteiger partial charge in [0.15, 0.2) is 0 Å². The Kier molecular flexibility index (Phi) is 9.00. The van der Waals surface area contributed by atoms with Crippen molar-refractivity contribution in [2.24, 2.45) is 5.92 Å². The molecule has 106 valence electrons. The number of urea groups is 1. The molecule has 0 saturated carbocycles. The average Bonchev–Trinajstić information content (AvgIpc) is 2.29. The molecule has 0 aromatic rings. The van der Waals surface area contributed by atoms with Gasteiger partial charge >= 0.3 is 12.0 Å². The van der Waals surface area contributed by atoms with Crippen molar-refractivity contribution in [2.75, 3.05) is 19.8 Å². The molecule has 0 fully saturated rings. The third-order valence-electron chi connectivity index (χ3n) is 2.48. The number of carbonyl (C=O) groups excluding carboxylic acids is 1. The van der Waals surface area contributed by atoms with Gasteiger partial charge in [0.05, 0.1) is 12.6 Å². The first kappa shape index (κ1) is 16.7. The summed E-state index contributed by atoms with van der Waals surface area (Å²) in [6.45, 7) is 7.38. The summed E-state index contributed by atoms with van der Waals surface area (Å²) in [6.07, 6.45) is 0.493. The van der Waals surface area contributed by atoms with Gasteiger partial charge in [-0.1, -0.05) is 13.8 Å². The molecule has 0 aliphatic heterocycles. The number of carboxylic acid groups (broad SMARTS) is 1. The molecule has 0 bridgehead atoms. The lowest BCUT2D eigenvalue weighted by atomic mass is 10.1. The first-order valence-electron chi connectivity index (χ1n) is 6.31. The second kappa shape index (κ2) is 9.70. The van der Waals surface area contributed by atoms with Crippen molar-refractivity contribution >= 4 is 12.0 Å². The molecule has 0 spiro atoms. The SMILES string of the molecule is CCOCC(NC(=O)NCCCC(=O)O)C(C)C. The highest BCUT2D eigenvalue weighted by Crippen LogP contribution is 2.02. The summed E-state index contributed by atoms with van der Waals surface area (Å²) in [7, 11) is 0. The first-order chi connectivity index (χ1) is 8.47. The minimum absolute atomic E-state index is 0.0376. The minimum atomic E-state index is -0.853. The Bertz CT molecular complexity index is 256. The Morgan fingerprint density at radius 2 is 2.00 bits per heavy atom. The highest BCUT2D eigenvalue weighted by molar-refractivity contribution is 5.74. The van der Waals surface area contributed by atoms with E-state index in [9.17, 15) is 9.59 Å². The zero-order valence-corrected chi connectivity index (χ0v) is 11.4. The summed E-state index contributed by atoms with van der Waals surface area (Å²) in [4.78, 5) is 21.8.